The Labute approximate surface area is 163 Å². The second-order valence-corrected chi connectivity index (χ2v) is 6.80. The molecule has 0 saturated heterocycles. The first-order valence-corrected chi connectivity index (χ1v) is 9.34. The summed E-state index contributed by atoms with van der Waals surface area (Å²) in [7, 11) is 0. The Balaban J connectivity index is 2.10. The van der Waals surface area contributed by atoms with Gasteiger partial charge < -0.3 is 13.9 Å². The minimum absolute atomic E-state index is 0.288. The summed E-state index contributed by atoms with van der Waals surface area (Å²) in [5.41, 5.74) is 3.36. The van der Waals surface area contributed by atoms with Gasteiger partial charge in [0.15, 0.2) is 6.10 Å². The van der Waals surface area contributed by atoms with E-state index in [1.807, 2.05) is 50.2 Å². The van der Waals surface area contributed by atoms with E-state index in [1.165, 1.54) is 0 Å². The summed E-state index contributed by atoms with van der Waals surface area (Å²) in [6.45, 7) is 7.45. The largest absolute Gasteiger partial charge is 0.478 e. The van der Waals surface area contributed by atoms with Gasteiger partial charge in [-0.3, -0.25) is 0 Å². The topological polar surface area (TPSA) is 65.7 Å². The highest BCUT2D eigenvalue weighted by Crippen LogP contribution is 2.32. The van der Waals surface area contributed by atoms with Crippen LogP contribution in [-0.4, -0.2) is 18.7 Å². The maximum atomic E-state index is 12.6. The zero-order valence-electron chi connectivity index (χ0n) is 16.6. The first-order valence-electron chi connectivity index (χ1n) is 9.34. The summed E-state index contributed by atoms with van der Waals surface area (Å²) in [5.74, 6) is 0.0721. The van der Waals surface area contributed by atoms with Crippen LogP contribution in [0.1, 0.15) is 36.1 Å². The molecule has 3 rings (SSSR count). The lowest BCUT2D eigenvalue weighted by Crippen LogP contribution is -2.26. The Kier molecular flexibility index (Phi) is 5.83. The Morgan fingerprint density at radius 3 is 2.54 bits per heavy atom. The fraction of sp³-hybridized carbons (Fsp3) is 0.304. The van der Waals surface area contributed by atoms with E-state index in [9.17, 15) is 9.59 Å². The van der Waals surface area contributed by atoms with Crippen molar-refractivity contribution in [1.82, 2.24) is 0 Å². The molecule has 0 fully saturated rings. The maximum absolute atomic E-state index is 12.6. The lowest BCUT2D eigenvalue weighted by atomic mass is 9.98. The van der Waals surface area contributed by atoms with Crippen LogP contribution in [0, 0.1) is 13.8 Å². The summed E-state index contributed by atoms with van der Waals surface area (Å²) < 4.78 is 16.6. The number of rotatable bonds is 6. The summed E-state index contributed by atoms with van der Waals surface area (Å²) in [6, 6.07) is 13.4. The molecule has 0 aliphatic heterocycles. The predicted molar refractivity (Wildman–Crippen MR) is 108 cm³/mol. The average molecular weight is 380 g/mol. The van der Waals surface area contributed by atoms with E-state index >= 15 is 0 Å². The third-order valence-electron chi connectivity index (χ3n) is 4.63. The van der Waals surface area contributed by atoms with Crippen LogP contribution in [-0.2, 0) is 16.0 Å². The number of carbonyl (C=O) groups excluding carboxylic acids is 1. The number of carbonyl (C=O) groups is 1. The van der Waals surface area contributed by atoms with E-state index in [-0.39, 0.29) is 12.2 Å². The standard InChI is InChI=1S/C23H24O5/c1-5-26-22(24)16(4)27-19-11-14(2)12-20-21(19)15(3)18(23(25)28-20)13-17-9-7-6-8-10-17/h6-12,16H,5,13H2,1-4H3/t16-/m0/s1. The molecule has 1 atom stereocenters. The molecule has 0 N–H and O–H groups in total. The number of esters is 1. The van der Waals surface area contributed by atoms with Crippen molar-refractivity contribution >= 4 is 16.9 Å². The van der Waals surface area contributed by atoms with E-state index in [1.54, 1.807) is 19.9 Å². The first-order chi connectivity index (χ1) is 13.4. The van der Waals surface area contributed by atoms with Crippen molar-refractivity contribution in [2.75, 3.05) is 6.61 Å². The van der Waals surface area contributed by atoms with Gasteiger partial charge in [-0.05, 0) is 56.5 Å². The molecule has 0 unspecified atom stereocenters. The lowest BCUT2D eigenvalue weighted by Gasteiger charge is -2.17. The van der Waals surface area contributed by atoms with Crippen LogP contribution >= 0.6 is 0 Å². The minimum atomic E-state index is -0.770. The molecule has 0 aliphatic rings. The number of hydrogen-bond acceptors (Lipinski definition) is 5. The number of benzene rings is 2. The molecule has 5 nitrogen and oxygen atoms in total. The molecule has 0 aliphatic carbocycles. The summed E-state index contributed by atoms with van der Waals surface area (Å²) >= 11 is 0. The van der Waals surface area contributed by atoms with Crippen molar-refractivity contribution in [3.63, 3.8) is 0 Å². The number of hydrogen-bond donors (Lipinski definition) is 0. The Bertz CT molecular complexity index is 1050. The monoisotopic (exact) mass is 380 g/mol. The fourth-order valence-electron chi connectivity index (χ4n) is 3.23. The second kappa shape index (κ2) is 8.30. The molecule has 0 spiro atoms. The Hall–Kier alpha value is -3.08. The van der Waals surface area contributed by atoms with Gasteiger partial charge in [-0.15, -0.1) is 0 Å². The molecular weight excluding hydrogens is 356 g/mol. The van der Waals surface area contributed by atoms with Crippen LogP contribution in [0.4, 0.5) is 0 Å². The van der Waals surface area contributed by atoms with Crippen molar-refractivity contribution in [2.24, 2.45) is 0 Å². The molecule has 1 aromatic heterocycles. The van der Waals surface area contributed by atoms with Gasteiger partial charge in [-0.1, -0.05) is 30.3 Å². The van der Waals surface area contributed by atoms with Crippen molar-refractivity contribution < 1.29 is 18.7 Å². The zero-order valence-corrected chi connectivity index (χ0v) is 16.6. The van der Waals surface area contributed by atoms with Crippen LogP contribution in [0.2, 0.25) is 0 Å². The summed E-state index contributed by atoms with van der Waals surface area (Å²) in [4.78, 5) is 24.6. The number of fused-ring (bicyclic) bond motifs is 1. The number of aryl methyl sites for hydroxylation is 2. The predicted octanol–water partition coefficient (Wildman–Crippen LogP) is 4.33. The van der Waals surface area contributed by atoms with Gasteiger partial charge in [0.2, 0.25) is 0 Å². The molecule has 146 valence electrons. The van der Waals surface area contributed by atoms with Crippen LogP contribution in [0.3, 0.4) is 0 Å². The van der Waals surface area contributed by atoms with Crippen LogP contribution in [0.15, 0.2) is 51.7 Å². The van der Waals surface area contributed by atoms with Gasteiger partial charge in [0.1, 0.15) is 11.3 Å². The molecule has 1 heterocycles. The van der Waals surface area contributed by atoms with Crippen LogP contribution in [0.25, 0.3) is 11.0 Å². The van der Waals surface area contributed by atoms with E-state index in [2.05, 4.69) is 0 Å². The molecule has 2 aromatic carbocycles. The van der Waals surface area contributed by atoms with E-state index < -0.39 is 12.1 Å². The summed E-state index contributed by atoms with van der Waals surface area (Å²) in [5, 5.41) is 0.701. The summed E-state index contributed by atoms with van der Waals surface area (Å²) in [6.07, 6.45) is -0.306. The highest BCUT2D eigenvalue weighted by Gasteiger charge is 2.21. The van der Waals surface area contributed by atoms with Crippen molar-refractivity contribution in [1.29, 1.82) is 0 Å². The van der Waals surface area contributed by atoms with Gasteiger partial charge in [0.25, 0.3) is 0 Å². The smallest absolute Gasteiger partial charge is 0.347 e. The van der Waals surface area contributed by atoms with Gasteiger partial charge in [-0.25, -0.2) is 9.59 Å². The third kappa shape index (κ3) is 4.09. The highest BCUT2D eigenvalue weighted by molar-refractivity contribution is 5.89. The van der Waals surface area contributed by atoms with Crippen LogP contribution in [0.5, 0.6) is 5.75 Å². The third-order valence-corrected chi connectivity index (χ3v) is 4.63. The molecule has 3 aromatic rings. The van der Waals surface area contributed by atoms with Gasteiger partial charge in [0.05, 0.1) is 12.0 Å². The molecular formula is C23H24O5. The quantitative estimate of drug-likeness (QED) is 0.470. The molecule has 0 amide bonds. The highest BCUT2D eigenvalue weighted by atomic mass is 16.6. The lowest BCUT2D eigenvalue weighted by molar-refractivity contribution is -0.150. The molecule has 5 heteroatoms. The van der Waals surface area contributed by atoms with E-state index in [0.29, 0.717) is 28.7 Å². The van der Waals surface area contributed by atoms with E-state index in [0.717, 1.165) is 16.7 Å². The van der Waals surface area contributed by atoms with Gasteiger partial charge in [0, 0.05) is 12.0 Å². The molecule has 0 radical (unpaired) electrons. The van der Waals surface area contributed by atoms with Crippen molar-refractivity contribution in [2.45, 2.75) is 40.2 Å². The van der Waals surface area contributed by atoms with E-state index in [4.69, 9.17) is 13.9 Å². The maximum Gasteiger partial charge on any atom is 0.347 e. The fourth-order valence-corrected chi connectivity index (χ4v) is 3.23. The Morgan fingerprint density at radius 2 is 1.86 bits per heavy atom. The normalized spacial score (nSPS) is 12.0. The van der Waals surface area contributed by atoms with Gasteiger partial charge in [-0.2, -0.15) is 0 Å². The average Bonchev–Trinajstić information content (AvgIpc) is 2.65. The molecule has 0 saturated carbocycles. The molecule has 0 bridgehead atoms. The SMILES string of the molecule is CCOC(=O)[C@H](C)Oc1cc(C)cc2oc(=O)c(Cc3ccccc3)c(C)c12. The first kappa shape index (κ1) is 19.7. The number of ether oxygens (including phenoxy) is 2. The Morgan fingerprint density at radius 1 is 1.14 bits per heavy atom. The minimum Gasteiger partial charge on any atom is -0.478 e. The molecule has 28 heavy (non-hydrogen) atoms. The van der Waals surface area contributed by atoms with Crippen molar-refractivity contribution in [3.05, 3.63) is 75.1 Å². The zero-order chi connectivity index (χ0) is 20.3. The van der Waals surface area contributed by atoms with Crippen molar-refractivity contribution in [3.8, 4) is 5.75 Å². The van der Waals surface area contributed by atoms with Gasteiger partial charge >= 0.3 is 11.6 Å². The van der Waals surface area contributed by atoms with Crippen LogP contribution < -0.4 is 10.4 Å². The second-order valence-electron chi connectivity index (χ2n) is 6.80.